The van der Waals surface area contributed by atoms with Crippen molar-refractivity contribution in [3.8, 4) is 11.4 Å². The van der Waals surface area contributed by atoms with Gasteiger partial charge in [0.05, 0.1) is 18.4 Å². The zero-order valence-electron chi connectivity index (χ0n) is 13.1. The van der Waals surface area contributed by atoms with Crippen LogP contribution in [-0.2, 0) is 0 Å². The molecule has 120 valence electrons. The Morgan fingerprint density at radius 2 is 1.62 bits per heavy atom. The molecule has 3 rings (SSSR count). The van der Waals surface area contributed by atoms with Gasteiger partial charge in [0.25, 0.3) is 5.56 Å². The Bertz CT molecular complexity index is 929. The van der Waals surface area contributed by atoms with Crippen molar-refractivity contribution in [2.24, 2.45) is 0 Å². The number of carbonyl (C=O) groups is 1. The van der Waals surface area contributed by atoms with E-state index in [4.69, 9.17) is 10.5 Å². The summed E-state index contributed by atoms with van der Waals surface area (Å²) in [5, 5.41) is 0. The zero-order chi connectivity index (χ0) is 17.1. The van der Waals surface area contributed by atoms with E-state index in [-0.39, 0.29) is 22.7 Å². The van der Waals surface area contributed by atoms with Gasteiger partial charge < -0.3 is 10.5 Å². The molecule has 0 atom stereocenters. The fourth-order valence-electron chi connectivity index (χ4n) is 2.49. The van der Waals surface area contributed by atoms with E-state index in [0.29, 0.717) is 17.0 Å². The Hall–Kier alpha value is -3.34. The molecule has 0 saturated heterocycles. The number of benzene rings is 2. The summed E-state index contributed by atoms with van der Waals surface area (Å²) in [5.41, 5.74) is 7.21. The highest BCUT2D eigenvalue weighted by Gasteiger charge is 2.16. The molecule has 0 aliphatic carbocycles. The highest BCUT2D eigenvalue weighted by Crippen LogP contribution is 2.20. The van der Waals surface area contributed by atoms with Crippen molar-refractivity contribution in [1.29, 1.82) is 0 Å². The number of ether oxygens (including phenoxy) is 1. The summed E-state index contributed by atoms with van der Waals surface area (Å²) in [6, 6.07) is 18.5. The average Bonchev–Trinajstić information content (AvgIpc) is 2.63. The van der Waals surface area contributed by atoms with Gasteiger partial charge in [0.2, 0.25) is 0 Å². The van der Waals surface area contributed by atoms with Gasteiger partial charge in [-0.3, -0.25) is 14.2 Å². The molecule has 0 amide bonds. The van der Waals surface area contributed by atoms with Crippen LogP contribution >= 0.6 is 0 Å². The van der Waals surface area contributed by atoms with Crippen molar-refractivity contribution < 1.29 is 9.53 Å². The van der Waals surface area contributed by atoms with Crippen LogP contribution in [-0.4, -0.2) is 17.5 Å². The molecule has 3 aromatic rings. The molecule has 0 fully saturated rings. The second-order valence-electron chi connectivity index (χ2n) is 5.20. The molecule has 0 aliphatic heterocycles. The van der Waals surface area contributed by atoms with Crippen molar-refractivity contribution in [3.05, 3.63) is 88.2 Å². The normalized spacial score (nSPS) is 10.4. The molecule has 0 aliphatic rings. The molecule has 5 heteroatoms. The number of carbonyl (C=O) groups excluding carboxylic acids is 1. The van der Waals surface area contributed by atoms with E-state index in [0.717, 1.165) is 0 Å². The lowest BCUT2D eigenvalue weighted by atomic mass is 10.0. The largest absolute Gasteiger partial charge is 0.497 e. The second kappa shape index (κ2) is 6.42. The number of ketones is 1. The van der Waals surface area contributed by atoms with E-state index < -0.39 is 0 Å². The van der Waals surface area contributed by atoms with E-state index in [1.165, 1.54) is 16.7 Å². The van der Waals surface area contributed by atoms with Gasteiger partial charge in [0.15, 0.2) is 5.78 Å². The lowest BCUT2D eigenvalue weighted by Crippen LogP contribution is -2.23. The third-order valence-electron chi connectivity index (χ3n) is 3.74. The van der Waals surface area contributed by atoms with Crippen LogP contribution in [0.3, 0.4) is 0 Å². The van der Waals surface area contributed by atoms with Crippen LogP contribution in [0.25, 0.3) is 5.69 Å². The molecule has 0 saturated carbocycles. The topological polar surface area (TPSA) is 74.3 Å². The van der Waals surface area contributed by atoms with Crippen LogP contribution in [0, 0.1) is 0 Å². The Balaban J connectivity index is 2.11. The van der Waals surface area contributed by atoms with Crippen LogP contribution in [0.15, 0.2) is 71.5 Å². The summed E-state index contributed by atoms with van der Waals surface area (Å²) in [6.45, 7) is 0. The molecular formula is C19H16N2O3. The van der Waals surface area contributed by atoms with Crippen molar-refractivity contribution in [2.75, 3.05) is 12.8 Å². The lowest BCUT2D eigenvalue weighted by molar-refractivity contribution is 0.103. The summed E-state index contributed by atoms with van der Waals surface area (Å²) < 4.78 is 6.43. The van der Waals surface area contributed by atoms with Gasteiger partial charge in [-0.1, -0.05) is 30.3 Å². The summed E-state index contributed by atoms with van der Waals surface area (Å²) in [7, 11) is 1.56. The van der Waals surface area contributed by atoms with Gasteiger partial charge in [0.1, 0.15) is 11.6 Å². The maximum Gasteiger partial charge on any atom is 0.256 e. The number of methoxy groups -OCH3 is 1. The van der Waals surface area contributed by atoms with Crippen molar-refractivity contribution in [3.63, 3.8) is 0 Å². The first kappa shape index (κ1) is 15.6. The highest BCUT2D eigenvalue weighted by atomic mass is 16.5. The van der Waals surface area contributed by atoms with Gasteiger partial charge in [-0.05, 0) is 30.3 Å². The Morgan fingerprint density at radius 3 is 2.25 bits per heavy atom. The fraction of sp³-hybridized carbons (Fsp3) is 0.0526. The number of pyridine rings is 1. The van der Waals surface area contributed by atoms with E-state index in [9.17, 15) is 9.59 Å². The molecule has 0 unspecified atom stereocenters. The monoisotopic (exact) mass is 320 g/mol. The summed E-state index contributed by atoms with van der Waals surface area (Å²) in [4.78, 5) is 24.9. The van der Waals surface area contributed by atoms with Crippen molar-refractivity contribution in [1.82, 2.24) is 4.57 Å². The average molecular weight is 320 g/mol. The minimum Gasteiger partial charge on any atom is -0.497 e. The van der Waals surface area contributed by atoms with Crippen LogP contribution in [0.2, 0.25) is 0 Å². The van der Waals surface area contributed by atoms with E-state index >= 15 is 0 Å². The molecule has 1 heterocycles. The highest BCUT2D eigenvalue weighted by molar-refractivity contribution is 6.11. The molecular weight excluding hydrogens is 304 g/mol. The first-order valence-electron chi connectivity index (χ1n) is 7.37. The van der Waals surface area contributed by atoms with Gasteiger partial charge in [-0.25, -0.2) is 0 Å². The SMILES string of the molecule is COc1ccc(-n2c(N)c(C(=O)c3ccccc3)ccc2=O)cc1. The summed E-state index contributed by atoms with van der Waals surface area (Å²) in [5.74, 6) is 0.554. The number of hydrogen-bond donors (Lipinski definition) is 1. The minimum absolute atomic E-state index is 0.113. The molecule has 1 aromatic heterocycles. The molecule has 0 radical (unpaired) electrons. The lowest BCUT2D eigenvalue weighted by Gasteiger charge is -2.13. The van der Waals surface area contributed by atoms with Crippen LogP contribution < -0.4 is 16.0 Å². The minimum atomic E-state index is -0.303. The van der Waals surface area contributed by atoms with Crippen molar-refractivity contribution in [2.45, 2.75) is 0 Å². The first-order valence-corrected chi connectivity index (χ1v) is 7.37. The van der Waals surface area contributed by atoms with E-state index in [1.807, 2.05) is 6.07 Å². The van der Waals surface area contributed by atoms with Crippen LogP contribution in [0.4, 0.5) is 5.82 Å². The van der Waals surface area contributed by atoms with E-state index in [1.54, 1.807) is 55.6 Å². The molecule has 5 nitrogen and oxygen atoms in total. The summed E-state index contributed by atoms with van der Waals surface area (Å²) in [6.07, 6.45) is 0. The molecule has 2 aromatic carbocycles. The number of aromatic nitrogens is 1. The Morgan fingerprint density at radius 1 is 0.958 bits per heavy atom. The molecule has 24 heavy (non-hydrogen) atoms. The molecule has 2 N–H and O–H groups in total. The Kier molecular flexibility index (Phi) is 4.16. The third kappa shape index (κ3) is 2.79. The zero-order valence-corrected chi connectivity index (χ0v) is 13.1. The number of nitrogens with zero attached hydrogens (tertiary/aromatic N) is 1. The van der Waals surface area contributed by atoms with Crippen LogP contribution in [0.5, 0.6) is 5.75 Å². The standard InChI is InChI=1S/C19H16N2O3/c1-24-15-9-7-14(8-10-15)21-17(22)12-11-16(19(21)20)18(23)13-5-3-2-4-6-13/h2-12H,20H2,1H3. The number of nitrogen functional groups attached to an aromatic ring is 1. The number of hydrogen-bond acceptors (Lipinski definition) is 4. The molecule has 0 bridgehead atoms. The van der Waals surface area contributed by atoms with Gasteiger partial charge in [-0.2, -0.15) is 0 Å². The number of rotatable bonds is 4. The third-order valence-corrected chi connectivity index (χ3v) is 3.74. The van der Waals surface area contributed by atoms with Gasteiger partial charge >= 0.3 is 0 Å². The quantitative estimate of drug-likeness (QED) is 0.750. The number of anilines is 1. The van der Waals surface area contributed by atoms with E-state index in [2.05, 4.69) is 0 Å². The number of nitrogens with two attached hydrogens (primary N) is 1. The second-order valence-corrected chi connectivity index (χ2v) is 5.20. The molecule has 0 spiro atoms. The maximum atomic E-state index is 12.6. The van der Waals surface area contributed by atoms with Crippen molar-refractivity contribution >= 4 is 11.6 Å². The van der Waals surface area contributed by atoms with Gasteiger partial charge in [-0.15, -0.1) is 0 Å². The van der Waals surface area contributed by atoms with Crippen LogP contribution in [0.1, 0.15) is 15.9 Å². The summed E-state index contributed by atoms with van der Waals surface area (Å²) >= 11 is 0. The Labute approximate surface area is 138 Å². The maximum absolute atomic E-state index is 12.6. The smallest absolute Gasteiger partial charge is 0.256 e. The van der Waals surface area contributed by atoms with Gasteiger partial charge in [0, 0.05) is 11.6 Å². The predicted molar refractivity (Wildman–Crippen MR) is 92.9 cm³/mol. The fourth-order valence-corrected chi connectivity index (χ4v) is 2.49. The first-order chi connectivity index (χ1) is 11.6. The predicted octanol–water partition coefficient (Wildman–Crippen LogP) is 2.66.